The molecule has 1 aliphatic heterocycles. The van der Waals surface area contributed by atoms with Crippen molar-refractivity contribution in [2.45, 2.75) is 45.4 Å². The van der Waals surface area contributed by atoms with Crippen LogP contribution in [-0.4, -0.2) is 24.0 Å². The maximum atomic E-state index is 13.0. The fourth-order valence-electron chi connectivity index (χ4n) is 3.41. The summed E-state index contributed by atoms with van der Waals surface area (Å²) in [6.07, 6.45) is 6.61. The number of carbonyl (C=O) groups is 1. The molecule has 0 aliphatic carbocycles. The van der Waals surface area contributed by atoms with Crippen molar-refractivity contribution in [3.05, 3.63) is 53.7 Å². The first-order chi connectivity index (χ1) is 12.2. The van der Waals surface area contributed by atoms with Crippen LogP contribution in [0.5, 0.6) is 0 Å². The van der Waals surface area contributed by atoms with Gasteiger partial charge >= 0.3 is 0 Å². The van der Waals surface area contributed by atoms with Gasteiger partial charge in [0.1, 0.15) is 5.82 Å². The molecule has 0 radical (unpaired) electrons. The van der Waals surface area contributed by atoms with Crippen molar-refractivity contribution >= 4 is 17.4 Å². The second-order valence-corrected chi connectivity index (χ2v) is 6.97. The molecule has 2 aromatic rings. The lowest BCUT2D eigenvalue weighted by Crippen LogP contribution is -2.28. The zero-order valence-corrected chi connectivity index (χ0v) is 15.2. The van der Waals surface area contributed by atoms with Crippen molar-refractivity contribution in [2.75, 3.05) is 23.3 Å². The molecule has 0 spiro atoms. The van der Waals surface area contributed by atoms with Crippen LogP contribution in [0.25, 0.3) is 0 Å². The fraction of sp³-hybridized carbons (Fsp3) is 0.429. The van der Waals surface area contributed by atoms with Gasteiger partial charge in [-0.25, -0.2) is 4.98 Å². The van der Waals surface area contributed by atoms with E-state index in [0.29, 0.717) is 11.5 Å². The molecule has 0 saturated carbocycles. The average Bonchev–Trinajstić information content (AvgIpc) is 2.91. The standard InChI is InChI=1S/C21H27N3O/c1-16(2)17-10-5-6-12-19(17)23-21(25)18-11-9-13-22-20(18)24-14-7-3-4-8-15-24/h5-6,9-13,16H,3-4,7-8,14-15H2,1-2H3,(H,23,25). The van der Waals surface area contributed by atoms with Gasteiger partial charge in [-0.2, -0.15) is 0 Å². The van der Waals surface area contributed by atoms with Crippen LogP contribution in [0.1, 0.15) is 61.4 Å². The Balaban J connectivity index is 1.86. The third kappa shape index (κ3) is 4.19. The number of amides is 1. The third-order valence-electron chi connectivity index (χ3n) is 4.77. The Kier molecular flexibility index (Phi) is 5.69. The van der Waals surface area contributed by atoms with Gasteiger partial charge in [-0.1, -0.05) is 44.9 Å². The van der Waals surface area contributed by atoms with Crippen LogP contribution in [0, 0.1) is 0 Å². The minimum Gasteiger partial charge on any atom is -0.356 e. The first kappa shape index (κ1) is 17.5. The molecule has 2 heterocycles. The highest BCUT2D eigenvalue weighted by Crippen LogP contribution is 2.26. The van der Waals surface area contributed by atoms with Crippen molar-refractivity contribution < 1.29 is 4.79 Å². The van der Waals surface area contributed by atoms with Crippen molar-refractivity contribution in [1.29, 1.82) is 0 Å². The number of pyridine rings is 1. The Morgan fingerprint density at radius 2 is 1.76 bits per heavy atom. The van der Waals surface area contributed by atoms with Gasteiger partial charge in [0.25, 0.3) is 5.91 Å². The summed E-state index contributed by atoms with van der Waals surface area (Å²) < 4.78 is 0. The number of hydrogen-bond donors (Lipinski definition) is 1. The SMILES string of the molecule is CC(C)c1ccccc1NC(=O)c1cccnc1N1CCCCCC1. The molecule has 1 aromatic carbocycles. The highest BCUT2D eigenvalue weighted by atomic mass is 16.1. The monoisotopic (exact) mass is 337 g/mol. The van der Waals surface area contributed by atoms with Crippen molar-refractivity contribution in [3.63, 3.8) is 0 Å². The zero-order valence-electron chi connectivity index (χ0n) is 15.2. The van der Waals surface area contributed by atoms with E-state index in [4.69, 9.17) is 0 Å². The first-order valence-electron chi connectivity index (χ1n) is 9.27. The van der Waals surface area contributed by atoms with Crippen LogP contribution < -0.4 is 10.2 Å². The molecule has 1 saturated heterocycles. The van der Waals surface area contributed by atoms with Crippen LogP contribution in [0.15, 0.2) is 42.6 Å². The molecule has 3 rings (SSSR count). The summed E-state index contributed by atoms with van der Waals surface area (Å²) in [5, 5.41) is 3.10. The smallest absolute Gasteiger partial charge is 0.259 e. The van der Waals surface area contributed by atoms with Gasteiger partial charge in [-0.3, -0.25) is 4.79 Å². The van der Waals surface area contributed by atoms with E-state index < -0.39 is 0 Å². The number of rotatable bonds is 4. The lowest BCUT2D eigenvalue weighted by Gasteiger charge is -2.24. The van der Waals surface area contributed by atoms with Crippen LogP contribution in [0.4, 0.5) is 11.5 Å². The molecule has 1 N–H and O–H groups in total. The molecule has 25 heavy (non-hydrogen) atoms. The molecular weight excluding hydrogens is 310 g/mol. The molecule has 4 heteroatoms. The summed E-state index contributed by atoms with van der Waals surface area (Å²) in [5.41, 5.74) is 2.69. The maximum absolute atomic E-state index is 13.0. The summed E-state index contributed by atoms with van der Waals surface area (Å²) >= 11 is 0. The topological polar surface area (TPSA) is 45.2 Å². The second kappa shape index (κ2) is 8.15. The third-order valence-corrected chi connectivity index (χ3v) is 4.77. The molecule has 0 bridgehead atoms. The number of nitrogens with one attached hydrogen (secondary N) is 1. The van der Waals surface area contributed by atoms with Crippen LogP contribution >= 0.6 is 0 Å². The van der Waals surface area contributed by atoms with Gasteiger partial charge < -0.3 is 10.2 Å². The molecule has 1 amide bonds. The van der Waals surface area contributed by atoms with Crippen molar-refractivity contribution in [1.82, 2.24) is 4.98 Å². The maximum Gasteiger partial charge on any atom is 0.259 e. The largest absolute Gasteiger partial charge is 0.356 e. The van der Waals surface area contributed by atoms with Gasteiger partial charge in [0.15, 0.2) is 0 Å². The number of anilines is 2. The van der Waals surface area contributed by atoms with E-state index in [-0.39, 0.29) is 5.91 Å². The Morgan fingerprint density at radius 3 is 2.48 bits per heavy atom. The van der Waals surface area contributed by atoms with Crippen LogP contribution in [0.2, 0.25) is 0 Å². The number of para-hydroxylation sites is 1. The Bertz CT molecular complexity index is 719. The highest BCUT2D eigenvalue weighted by Gasteiger charge is 2.20. The van der Waals surface area contributed by atoms with Crippen molar-refractivity contribution in [2.24, 2.45) is 0 Å². The minimum atomic E-state index is -0.0829. The van der Waals surface area contributed by atoms with E-state index in [2.05, 4.69) is 35.1 Å². The molecule has 1 aliphatic rings. The molecule has 0 unspecified atom stereocenters. The number of hydrogen-bond acceptors (Lipinski definition) is 3. The van der Waals surface area contributed by atoms with Gasteiger partial charge in [0.2, 0.25) is 0 Å². The molecule has 1 fully saturated rings. The van der Waals surface area contributed by atoms with E-state index in [1.54, 1.807) is 6.20 Å². The van der Waals surface area contributed by atoms with Crippen LogP contribution in [0.3, 0.4) is 0 Å². The summed E-state index contributed by atoms with van der Waals surface area (Å²) in [7, 11) is 0. The Morgan fingerprint density at radius 1 is 1.04 bits per heavy atom. The highest BCUT2D eigenvalue weighted by molar-refractivity contribution is 6.07. The van der Waals surface area contributed by atoms with Crippen LogP contribution in [-0.2, 0) is 0 Å². The lowest BCUT2D eigenvalue weighted by molar-refractivity contribution is 0.102. The van der Waals surface area contributed by atoms with E-state index in [1.165, 1.54) is 12.8 Å². The quantitative estimate of drug-likeness (QED) is 0.868. The lowest BCUT2D eigenvalue weighted by atomic mass is 10.0. The molecule has 1 aromatic heterocycles. The molecule has 0 atom stereocenters. The Labute approximate surface area is 150 Å². The minimum absolute atomic E-state index is 0.0829. The number of benzene rings is 1. The number of nitrogens with zero attached hydrogens (tertiary/aromatic N) is 2. The summed E-state index contributed by atoms with van der Waals surface area (Å²) in [4.78, 5) is 19.8. The van der Waals surface area contributed by atoms with Crippen molar-refractivity contribution in [3.8, 4) is 0 Å². The average molecular weight is 337 g/mol. The van der Waals surface area contributed by atoms with Gasteiger partial charge in [0.05, 0.1) is 5.56 Å². The normalized spacial score (nSPS) is 15.1. The van der Waals surface area contributed by atoms with E-state index >= 15 is 0 Å². The molecule has 132 valence electrons. The van der Waals surface area contributed by atoms with Gasteiger partial charge in [0, 0.05) is 25.0 Å². The summed E-state index contributed by atoms with van der Waals surface area (Å²) in [6, 6.07) is 11.7. The van der Waals surface area contributed by atoms with Gasteiger partial charge in [-0.15, -0.1) is 0 Å². The molecular formula is C21H27N3O. The zero-order chi connectivity index (χ0) is 17.6. The predicted octanol–water partition coefficient (Wildman–Crippen LogP) is 4.84. The fourth-order valence-corrected chi connectivity index (χ4v) is 3.41. The first-order valence-corrected chi connectivity index (χ1v) is 9.27. The van der Waals surface area contributed by atoms with E-state index in [9.17, 15) is 4.79 Å². The predicted molar refractivity (Wildman–Crippen MR) is 103 cm³/mol. The Hall–Kier alpha value is -2.36. The summed E-state index contributed by atoms with van der Waals surface area (Å²) in [5.74, 6) is 1.08. The number of carbonyl (C=O) groups excluding carboxylic acids is 1. The number of aromatic nitrogens is 1. The molecule has 4 nitrogen and oxygen atoms in total. The van der Waals surface area contributed by atoms with E-state index in [0.717, 1.165) is 43.0 Å². The summed E-state index contributed by atoms with van der Waals surface area (Å²) in [6.45, 7) is 6.22. The van der Waals surface area contributed by atoms with Gasteiger partial charge in [-0.05, 0) is 42.5 Å². The second-order valence-electron chi connectivity index (χ2n) is 6.97. The van der Waals surface area contributed by atoms with E-state index in [1.807, 2.05) is 30.3 Å².